The van der Waals surface area contributed by atoms with Crippen molar-refractivity contribution in [3.05, 3.63) is 89.0 Å². The van der Waals surface area contributed by atoms with Gasteiger partial charge in [-0.3, -0.25) is 14.6 Å². The molecule has 0 aliphatic carbocycles. The first-order chi connectivity index (χ1) is 13.9. The average molecular weight is 396 g/mol. The Bertz CT molecular complexity index is 1140. The Morgan fingerprint density at radius 2 is 1.48 bits per heavy atom. The van der Waals surface area contributed by atoms with Crippen molar-refractivity contribution in [2.24, 2.45) is 0 Å². The van der Waals surface area contributed by atoms with Gasteiger partial charge in [0.05, 0.1) is 28.4 Å². The summed E-state index contributed by atoms with van der Waals surface area (Å²) in [5, 5.41) is 13.5. The summed E-state index contributed by atoms with van der Waals surface area (Å²) < 4.78 is 40.0. The van der Waals surface area contributed by atoms with Crippen molar-refractivity contribution in [1.82, 2.24) is 4.98 Å². The van der Waals surface area contributed by atoms with Crippen molar-refractivity contribution < 1.29 is 22.8 Å². The number of carbonyl (C=O) groups excluding carboxylic acids is 2. The number of benzene rings is 2. The second-order valence-corrected chi connectivity index (χ2v) is 5.78. The van der Waals surface area contributed by atoms with E-state index >= 15 is 0 Å². The van der Waals surface area contributed by atoms with Gasteiger partial charge in [0.1, 0.15) is 0 Å². The highest BCUT2D eigenvalue weighted by atomic mass is 19.2. The number of halogens is 3. The minimum absolute atomic E-state index is 0.0350. The van der Waals surface area contributed by atoms with Crippen LogP contribution in [0.5, 0.6) is 0 Å². The Morgan fingerprint density at radius 1 is 0.862 bits per heavy atom. The molecule has 3 rings (SSSR count). The van der Waals surface area contributed by atoms with E-state index in [2.05, 4.69) is 15.6 Å². The molecule has 0 fully saturated rings. The largest absolute Gasteiger partial charge is 0.322 e. The first-order valence-corrected chi connectivity index (χ1v) is 8.10. The molecule has 0 spiro atoms. The van der Waals surface area contributed by atoms with E-state index in [4.69, 9.17) is 5.26 Å². The predicted octanol–water partition coefficient (Wildman–Crippen LogP) is 3.88. The monoisotopic (exact) mass is 396 g/mol. The van der Waals surface area contributed by atoms with Crippen LogP contribution >= 0.6 is 0 Å². The van der Waals surface area contributed by atoms with E-state index in [1.54, 1.807) is 0 Å². The molecule has 9 heteroatoms. The lowest BCUT2D eigenvalue weighted by atomic mass is 10.1. The lowest BCUT2D eigenvalue weighted by Gasteiger charge is -2.09. The summed E-state index contributed by atoms with van der Waals surface area (Å²) in [5.41, 5.74) is 0.233. The van der Waals surface area contributed by atoms with E-state index in [9.17, 15) is 22.8 Å². The third kappa shape index (κ3) is 4.39. The quantitative estimate of drug-likeness (QED) is 0.655. The highest BCUT2D eigenvalue weighted by molar-refractivity contribution is 6.08. The van der Waals surface area contributed by atoms with Crippen LogP contribution in [-0.2, 0) is 0 Å². The Labute approximate surface area is 162 Å². The maximum atomic E-state index is 13.7. The van der Waals surface area contributed by atoms with Crippen LogP contribution in [0.25, 0.3) is 0 Å². The van der Waals surface area contributed by atoms with E-state index in [-0.39, 0.29) is 11.1 Å². The van der Waals surface area contributed by atoms with Crippen LogP contribution in [0.3, 0.4) is 0 Å². The van der Waals surface area contributed by atoms with Crippen molar-refractivity contribution in [3.63, 3.8) is 0 Å². The fourth-order valence-corrected chi connectivity index (χ4v) is 2.34. The van der Waals surface area contributed by atoms with Crippen LogP contribution in [0.1, 0.15) is 26.3 Å². The molecule has 0 saturated heterocycles. The molecule has 144 valence electrons. The van der Waals surface area contributed by atoms with Gasteiger partial charge in [0.2, 0.25) is 0 Å². The smallest absolute Gasteiger partial charge is 0.257 e. The molecule has 6 nitrogen and oxygen atoms in total. The number of anilines is 2. The number of rotatable bonds is 4. The summed E-state index contributed by atoms with van der Waals surface area (Å²) in [6, 6.07) is 10.8. The number of hydrogen-bond acceptors (Lipinski definition) is 4. The first kappa shape index (κ1) is 19.6. The lowest BCUT2D eigenvalue weighted by Crippen LogP contribution is -2.17. The van der Waals surface area contributed by atoms with Gasteiger partial charge in [-0.15, -0.1) is 0 Å². The van der Waals surface area contributed by atoms with E-state index in [0.717, 1.165) is 12.3 Å². The lowest BCUT2D eigenvalue weighted by molar-refractivity contribution is 0.102. The van der Waals surface area contributed by atoms with Crippen LogP contribution in [-0.4, -0.2) is 16.8 Å². The molecule has 0 bridgehead atoms. The topological polar surface area (TPSA) is 94.9 Å². The molecule has 0 atom stereocenters. The van der Waals surface area contributed by atoms with Gasteiger partial charge in [-0.2, -0.15) is 5.26 Å². The van der Waals surface area contributed by atoms with Crippen molar-refractivity contribution in [1.29, 1.82) is 5.26 Å². The van der Waals surface area contributed by atoms with Gasteiger partial charge >= 0.3 is 0 Å². The third-order valence-corrected chi connectivity index (χ3v) is 3.82. The number of pyridine rings is 1. The first-order valence-electron chi connectivity index (χ1n) is 8.10. The number of hydrogen-bond donors (Lipinski definition) is 2. The van der Waals surface area contributed by atoms with Crippen LogP contribution in [0, 0.1) is 28.8 Å². The summed E-state index contributed by atoms with van der Waals surface area (Å²) in [6.07, 6.45) is 2.35. The molecule has 0 aliphatic heterocycles. The maximum Gasteiger partial charge on any atom is 0.257 e. The SMILES string of the molecule is N#Cc1ccc(NC(=O)c2cncc(C(=O)Nc3ccc(F)c(F)c3F)c2)cc1. The number of amides is 2. The summed E-state index contributed by atoms with van der Waals surface area (Å²) in [7, 11) is 0. The second-order valence-electron chi connectivity index (χ2n) is 5.78. The maximum absolute atomic E-state index is 13.7. The number of nitrogens with zero attached hydrogens (tertiary/aromatic N) is 2. The standard InChI is InChI=1S/C20H11F3N4O2/c21-15-5-6-16(18(23)17(15)22)27-20(29)13-7-12(9-25-10-13)19(28)26-14-3-1-11(8-24)2-4-14/h1-7,9-10H,(H,26,28)(H,27,29). The summed E-state index contributed by atoms with van der Waals surface area (Å²) >= 11 is 0. The van der Waals surface area contributed by atoms with Crippen LogP contribution in [0.2, 0.25) is 0 Å². The van der Waals surface area contributed by atoms with Crippen molar-refractivity contribution in [3.8, 4) is 6.07 Å². The fraction of sp³-hybridized carbons (Fsp3) is 0. The molecule has 0 radical (unpaired) electrons. The highest BCUT2D eigenvalue weighted by Gasteiger charge is 2.17. The number of nitrogens with one attached hydrogen (secondary N) is 2. The molecule has 1 heterocycles. The van der Waals surface area contributed by atoms with Gasteiger partial charge in [0.15, 0.2) is 17.5 Å². The van der Waals surface area contributed by atoms with Crippen LogP contribution < -0.4 is 10.6 Å². The predicted molar refractivity (Wildman–Crippen MR) is 97.6 cm³/mol. The molecule has 2 N–H and O–H groups in total. The minimum atomic E-state index is -1.71. The van der Waals surface area contributed by atoms with Gasteiger partial charge < -0.3 is 10.6 Å². The number of aromatic nitrogens is 1. The Hall–Kier alpha value is -4.19. The van der Waals surface area contributed by atoms with Gasteiger partial charge in [0, 0.05) is 18.1 Å². The molecular formula is C20H11F3N4O2. The fourth-order valence-electron chi connectivity index (χ4n) is 2.34. The summed E-state index contributed by atoms with van der Waals surface area (Å²) in [6.45, 7) is 0. The van der Waals surface area contributed by atoms with E-state index in [1.165, 1.54) is 36.5 Å². The van der Waals surface area contributed by atoms with Gasteiger partial charge in [-0.1, -0.05) is 0 Å². The van der Waals surface area contributed by atoms with Crippen molar-refractivity contribution in [2.45, 2.75) is 0 Å². The summed E-state index contributed by atoms with van der Waals surface area (Å²) in [4.78, 5) is 28.4. The van der Waals surface area contributed by atoms with E-state index in [0.29, 0.717) is 17.3 Å². The third-order valence-electron chi connectivity index (χ3n) is 3.82. The van der Waals surface area contributed by atoms with E-state index < -0.39 is 35.0 Å². The molecule has 2 aromatic carbocycles. The molecular weight excluding hydrogens is 385 g/mol. The molecule has 0 aliphatic rings. The van der Waals surface area contributed by atoms with Gasteiger partial charge in [0.25, 0.3) is 11.8 Å². The molecule has 29 heavy (non-hydrogen) atoms. The zero-order valence-corrected chi connectivity index (χ0v) is 14.5. The average Bonchev–Trinajstić information content (AvgIpc) is 2.74. The normalized spacial score (nSPS) is 10.1. The van der Waals surface area contributed by atoms with Gasteiger partial charge in [-0.25, -0.2) is 13.2 Å². The molecule has 0 saturated carbocycles. The Morgan fingerprint density at radius 3 is 2.10 bits per heavy atom. The van der Waals surface area contributed by atoms with Crippen molar-refractivity contribution in [2.75, 3.05) is 10.6 Å². The molecule has 2 amide bonds. The zero-order chi connectivity index (χ0) is 21.0. The van der Waals surface area contributed by atoms with E-state index in [1.807, 2.05) is 6.07 Å². The second kappa shape index (κ2) is 8.22. The summed E-state index contributed by atoms with van der Waals surface area (Å²) in [5.74, 6) is -6.08. The number of carbonyl (C=O) groups is 2. The van der Waals surface area contributed by atoms with Crippen molar-refractivity contribution >= 4 is 23.2 Å². The highest BCUT2D eigenvalue weighted by Crippen LogP contribution is 2.20. The van der Waals surface area contributed by atoms with Gasteiger partial charge in [-0.05, 0) is 42.5 Å². The Balaban J connectivity index is 1.76. The molecule has 1 aromatic heterocycles. The van der Waals surface area contributed by atoms with Crippen LogP contribution in [0.4, 0.5) is 24.5 Å². The molecule has 0 unspecified atom stereocenters. The Kier molecular flexibility index (Phi) is 5.55. The molecule has 3 aromatic rings. The number of nitriles is 1. The minimum Gasteiger partial charge on any atom is -0.322 e. The van der Waals surface area contributed by atoms with Crippen LogP contribution in [0.15, 0.2) is 54.9 Å². The zero-order valence-electron chi connectivity index (χ0n) is 14.5.